The standard InChI is InChI=1S/C14H20FNO3/c1-4-10(2)16(9-14(17)18)8-11-5-6-12(19-3)7-13(11)15/h5-7,10H,4,8-9H2,1-3H3,(H,17,18). The van der Waals surface area contributed by atoms with Crippen molar-refractivity contribution < 1.29 is 19.0 Å². The minimum Gasteiger partial charge on any atom is -0.497 e. The van der Waals surface area contributed by atoms with Crippen LogP contribution in [0.15, 0.2) is 18.2 Å². The molecule has 19 heavy (non-hydrogen) atoms. The first kappa shape index (κ1) is 15.4. The van der Waals surface area contributed by atoms with Gasteiger partial charge >= 0.3 is 5.97 Å². The fourth-order valence-corrected chi connectivity index (χ4v) is 1.80. The predicted octanol–water partition coefficient (Wildman–Crippen LogP) is 2.52. The molecule has 0 spiro atoms. The van der Waals surface area contributed by atoms with Crippen molar-refractivity contribution in [1.82, 2.24) is 4.90 Å². The van der Waals surface area contributed by atoms with Crippen LogP contribution in [-0.4, -0.2) is 35.7 Å². The summed E-state index contributed by atoms with van der Waals surface area (Å²) < 4.78 is 18.8. The van der Waals surface area contributed by atoms with Crippen LogP contribution in [-0.2, 0) is 11.3 Å². The van der Waals surface area contributed by atoms with Gasteiger partial charge in [-0.2, -0.15) is 0 Å². The first-order valence-electron chi connectivity index (χ1n) is 6.26. The molecule has 1 unspecified atom stereocenters. The van der Waals surface area contributed by atoms with Gasteiger partial charge in [-0.1, -0.05) is 13.0 Å². The van der Waals surface area contributed by atoms with E-state index in [-0.39, 0.29) is 24.9 Å². The van der Waals surface area contributed by atoms with E-state index in [2.05, 4.69) is 0 Å². The number of carboxylic acids is 1. The highest BCUT2D eigenvalue weighted by Gasteiger charge is 2.17. The third kappa shape index (κ3) is 4.52. The van der Waals surface area contributed by atoms with E-state index in [1.807, 2.05) is 13.8 Å². The van der Waals surface area contributed by atoms with Crippen LogP contribution >= 0.6 is 0 Å². The van der Waals surface area contributed by atoms with E-state index in [9.17, 15) is 9.18 Å². The molecule has 0 saturated heterocycles. The zero-order chi connectivity index (χ0) is 14.4. The van der Waals surface area contributed by atoms with Crippen LogP contribution < -0.4 is 4.74 Å². The summed E-state index contributed by atoms with van der Waals surface area (Å²) in [5, 5.41) is 8.90. The number of carbonyl (C=O) groups is 1. The molecule has 0 radical (unpaired) electrons. The third-order valence-corrected chi connectivity index (χ3v) is 3.19. The molecule has 1 aromatic carbocycles. The van der Waals surface area contributed by atoms with Crippen molar-refractivity contribution in [1.29, 1.82) is 0 Å². The van der Waals surface area contributed by atoms with Gasteiger partial charge in [0, 0.05) is 24.2 Å². The molecule has 106 valence electrons. The minimum atomic E-state index is -0.908. The largest absolute Gasteiger partial charge is 0.497 e. The SMILES string of the molecule is CCC(C)N(CC(=O)O)Cc1ccc(OC)cc1F. The lowest BCUT2D eigenvalue weighted by atomic mass is 10.1. The number of rotatable bonds is 7. The summed E-state index contributed by atoms with van der Waals surface area (Å²) in [4.78, 5) is 12.6. The van der Waals surface area contributed by atoms with Crippen molar-refractivity contribution >= 4 is 5.97 Å². The molecule has 0 bridgehead atoms. The second-order valence-electron chi connectivity index (χ2n) is 4.51. The molecule has 0 amide bonds. The Kier molecular flexibility index (Phi) is 5.76. The van der Waals surface area contributed by atoms with Crippen LogP contribution in [0.1, 0.15) is 25.8 Å². The van der Waals surface area contributed by atoms with Gasteiger partial charge in [-0.05, 0) is 19.4 Å². The number of ether oxygens (including phenoxy) is 1. The van der Waals surface area contributed by atoms with E-state index in [0.29, 0.717) is 11.3 Å². The Morgan fingerprint density at radius 1 is 1.53 bits per heavy atom. The van der Waals surface area contributed by atoms with E-state index in [4.69, 9.17) is 9.84 Å². The van der Waals surface area contributed by atoms with Crippen molar-refractivity contribution in [3.8, 4) is 5.75 Å². The molecular formula is C14H20FNO3. The van der Waals surface area contributed by atoms with Gasteiger partial charge in [-0.3, -0.25) is 9.69 Å². The Hall–Kier alpha value is -1.62. The summed E-state index contributed by atoms with van der Waals surface area (Å²) in [6, 6.07) is 4.70. The number of methoxy groups -OCH3 is 1. The van der Waals surface area contributed by atoms with E-state index < -0.39 is 5.97 Å². The molecular weight excluding hydrogens is 249 g/mol. The van der Waals surface area contributed by atoms with Gasteiger partial charge < -0.3 is 9.84 Å². The van der Waals surface area contributed by atoms with Gasteiger partial charge in [0.2, 0.25) is 0 Å². The van der Waals surface area contributed by atoms with E-state index in [0.717, 1.165) is 6.42 Å². The quantitative estimate of drug-likeness (QED) is 0.826. The highest BCUT2D eigenvalue weighted by molar-refractivity contribution is 5.69. The Bertz CT molecular complexity index is 437. The van der Waals surface area contributed by atoms with Crippen molar-refractivity contribution in [2.75, 3.05) is 13.7 Å². The van der Waals surface area contributed by atoms with Gasteiger partial charge in [-0.25, -0.2) is 4.39 Å². The number of carboxylic acid groups (broad SMARTS) is 1. The first-order chi connectivity index (χ1) is 8.97. The van der Waals surface area contributed by atoms with E-state index in [1.54, 1.807) is 17.0 Å². The number of halogens is 1. The summed E-state index contributed by atoms with van der Waals surface area (Å²) in [7, 11) is 1.48. The smallest absolute Gasteiger partial charge is 0.317 e. The molecule has 0 fully saturated rings. The number of benzene rings is 1. The lowest BCUT2D eigenvalue weighted by Crippen LogP contribution is -2.36. The van der Waals surface area contributed by atoms with Crippen LogP contribution in [0.3, 0.4) is 0 Å². The molecule has 0 aromatic heterocycles. The molecule has 0 aliphatic heterocycles. The minimum absolute atomic E-state index is 0.0811. The summed E-state index contributed by atoms with van der Waals surface area (Å²) >= 11 is 0. The number of hydrogen-bond donors (Lipinski definition) is 1. The van der Waals surface area contributed by atoms with Gasteiger partial charge in [0.25, 0.3) is 0 Å². The highest BCUT2D eigenvalue weighted by Crippen LogP contribution is 2.19. The van der Waals surface area contributed by atoms with Crippen molar-refractivity contribution in [3.05, 3.63) is 29.6 Å². The maximum atomic E-state index is 13.8. The second-order valence-corrected chi connectivity index (χ2v) is 4.51. The molecule has 1 atom stereocenters. The number of hydrogen-bond acceptors (Lipinski definition) is 3. The lowest BCUT2D eigenvalue weighted by Gasteiger charge is -2.26. The van der Waals surface area contributed by atoms with Gasteiger partial charge in [0.15, 0.2) is 0 Å². The number of nitrogens with zero attached hydrogens (tertiary/aromatic N) is 1. The summed E-state index contributed by atoms with van der Waals surface area (Å²) in [6.45, 7) is 4.09. The number of aliphatic carboxylic acids is 1. The molecule has 1 rings (SSSR count). The summed E-state index contributed by atoms with van der Waals surface area (Å²) in [6.07, 6.45) is 0.811. The highest BCUT2D eigenvalue weighted by atomic mass is 19.1. The fraction of sp³-hybridized carbons (Fsp3) is 0.500. The first-order valence-corrected chi connectivity index (χ1v) is 6.26. The molecule has 1 N–H and O–H groups in total. The Morgan fingerprint density at radius 2 is 2.21 bits per heavy atom. The molecule has 5 heteroatoms. The molecule has 0 saturated carbocycles. The van der Waals surface area contributed by atoms with Crippen LogP contribution in [0.25, 0.3) is 0 Å². The molecule has 1 aromatic rings. The van der Waals surface area contributed by atoms with Gasteiger partial charge in [0.1, 0.15) is 11.6 Å². The Morgan fingerprint density at radius 3 is 2.68 bits per heavy atom. The van der Waals surface area contributed by atoms with Crippen molar-refractivity contribution in [3.63, 3.8) is 0 Å². The summed E-state index contributed by atoms with van der Waals surface area (Å²) in [5.41, 5.74) is 0.474. The predicted molar refractivity (Wildman–Crippen MR) is 70.8 cm³/mol. The second kappa shape index (κ2) is 7.09. The van der Waals surface area contributed by atoms with Crippen LogP contribution in [0.2, 0.25) is 0 Å². The maximum Gasteiger partial charge on any atom is 0.317 e. The third-order valence-electron chi connectivity index (χ3n) is 3.19. The average Bonchev–Trinajstić information content (AvgIpc) is 2.38. The van der Waals surface area contributed by atoms with Gasteiger partial charge in [0.05, 0.1) is 13.7 Å². The monoisotopic (exact) mass is 269 g/mol. The lowest BCUT2D eigenvalue weighted by molar-refractivity contribution is -0.139. The normalized spacial score (nSPS) is 12.5. The fourth-order valence-electron chi connectivity index (χ4n) is 1.80. The van der Waals surface area contributed by atoms with E-state index in [1.165, 1.54) is 13.2 Å². The Balaban J connectivity index is 2.86. The van der Waals surface area contributed by atoms with E-state index >= 15 is 0 Å². The van der Waals surface area contributed by atoms with Gasteiger partial charge in [-0.15, -0.1) is 0 Å². The van der Waals surface area contributed by atoms with Crippen LogP contribution in [0.4, 0.5) is 4.39 Å². The summed E-state index contributed by atoms with van der Waals surface area (Å²) in [5.74, 6) is -0.832. The maximum absolute atomic E-state index is 13.8. The molecule has 0 aliphatic carbocycles. The van der Waals surface area contributed by atoms with Crippen molar-refractivity contribution in [2.24, 2.45) is 0 Å². The Labute approximate surface area is 112 Å². The zero-order valence-corrected chi connectivity index (χ0v) is 11.5. The topological polar surface area (TPSA) is 49.8 Å². The molecule has 0 aliphatic rings. The van der Waals surface area contributed by atoms with Crippen LogP contribution in [0, 0.1) is 5.82 Å². The zero-order valence-electron chi connectivity index (χ0n) is 11.5. The molecule has 4 nitrogen and oxygen atoms in total. The molecule has 0 heterocycles. The average molecular weight is 269 g/mol. The van der Waals surface area contributed by atoms with Crippen molar-refractivity contribution in [2.45, 2.75) is 32.9 Å². The van der Waals surface area contributed by atoms with Crippen LogP contribution in [0.5, 0.6) is 5.75 Å².